The molecule has 3 amide bonds. The van der Waals surface area contributed by atoms with Gasteiger partial charge in [0.05, 0.1) is 0 Å². The number of hydrogen-bond donors (Lipinski definition) is 2. The van der Waals surface area contributed by atoms with Crippen LogP contribution in [0.3, 0.4) is 0 Å². The average Bonchev–Trinajstić information content (AvgIpc) is 3.22. The molecule has 1 fully saturated rings. The maximum atomic E-state index is 14.3. The second-order valence-electron chi connectivity index (χ2n) is 11.5. The predicted octanol–water partition coefficient (Wildman–Crippen LogP) is 4.45. The zero-order chi connectivity index (χ0) is 26.2. The molecule has 0 aromatic heterocycles. The highest BCUT2D eigenvalue weighted by atomic mass is 35.5. The molecule has 1 heterocycles. The van der Waals surface area contributed by atoms with Gasteiger partial charge in [0.2, 0.25) is 17.7 Å². The Balaban J connectivity index is 1.76. The summed E-state index contributed by atoms with van der Waals surface area (Å²) >= 11 is 6.15. The second-order valence-corrected chi connectivity index (χ2v) is 11.9. The molecule has 4 rings (SSSR count). The fourth-order valence-electron chi connectivity index (χ4n) is 5.40. The fourth-order valence-corrected chi connectivity index (χ4v) is 5.52. The summed E-state index contributed by atoms with van der Waals surface area (Å²) in [6.45, 7) is 9.74. The van der Waals surface area contributed by atoms with E-state index in [1.54, 1.807) is 29.2 Å². The van der Waals surface area contributed by atoms with Gasteiger partial charge in [-0.15, -0.1) is 0 Å². The molecule has 7 heteroatoms. The summed E-state index contributed by atoms with van der Waals surface area (Å²) in [4.78, 5) is 43.1. The minimum Gasteiger partial charge on any atom is -0.349 e. The molecular formula is C29H36ClN3O3. The molecule has 36 heavy (non-hydrogen) atoms. The minimum atomic E-state index is -0.949. The van der Waals surface area contributed by atoms with E-state index in [1.807, 2.05) is 46.8 Å². The summed E-state index contributed by atoms with van der Waals surface area (Å²) in [5.41, 5.74) is 2.54. The van der Waals surface area contributed by atoms with Crippen LogP contribution >= 0.6 is 11.6 Å². The Hall–Kier alpha value is -2.86. The van der Waals surface area contributed by atoms with E-state index in [-0.39, 0.29) is 29.6 Å². The lowest BCUT2D eigenvalue weighted by atomic mass is 9.87. The first-order valence-corrected chi connectivity index (χ1v) is 13.1. The molecular weight excluding hydrogens is 474 g/mol. The molecule has 3 atom stereocenters. The topological polar surface area (TPSA) is 78.5 Å². The van der Waals surface area contributed by atoms with Crippen LogP contribution < -0.4 is 10.6 Å². The number of hydrogen-bond acceptors (Lipinski definition) is 3. The Morgan fingerprint density at radius 2 is 1.64 bits per heavy atom. The standard InChI is InChI=1S/C29H36ClN3O3/c1-17(2)14-23-26(34)31-24(21-15-19-8-6-7-9-20(19)16-21)28(36)33(23)25(27(35)32-29(3,4)5)18-10-12-22(30)13-11-18/h6-13,17,21,23-25H,14-16H2,1-5H3,(H,31,34)(H,32,35)/t23-,24-,25+/m1/s1. The summed E-state index contributed by atoms with van der Waals surface area (Å²) in [6, 6.07) is 12.7. The molecule has 6 nitrogen and oxygen atoms in total. The van der Waals surface area contributed by atoms with Gasteiger partial charge in [-0.1, -0.05) is 61.8 Å². The summed E-state index contributed by atoms with van der Waals surface area (Å²) in [6.07, 6.45) is 1.90. The van der Waals surface area contributed by atoms with Crippen molar-refractivity contribution in [3.8, 4) is 0 Å². The van der Waals surface area contributed by atoms with Crippen LogP contribution in [0.4, 0.5) is 0 Å². The predicted molar refractivity (Wildman–Crippen MR) is 141 cm³/mol. The van der Waals surface area contributed by atoms with Crippen LogP contribution in [0.15, 0.2) is 48.5 Å². The Morgan fingerprint density at radius 1 is 1.06 bits per heavy atom. The molecule has 2 aromatic carbocycles. The van der Waals surface area contributed by atoms with Crippen LogP contribution in [0.1, 0.15) is 63.8 Å². The number of amides is 3. The Morgan fingerprint density at radius 3 is 2.17 bits per heavy atom. The van der Waals surface area contributed by atoms with Gasteiger partial charge < -0.3 is 15.5 Å². The second kappa shape index (κ2) is 10.3. The molecule has 0 unspecified atom stereocenters. The van der Waals surface area contributed by atoms with E-state index in [4.69, 9.17) is 11.6 Å². The molecule has 0 bridgehead atoms. The molecule has 0 saturated carbocycles. The molecule has 1 saturated heterocycles. The first-order valence-electron chi connectivity index (χ1n) is 12.7. The van der Waals surface area contributed by atoms with Gasteiger partial charge in [-0.05, 0) is 80.7 Å². The van der Waals surface area contributed by atoms with Gasteiger partial charge in [-0.2, -0.15) is 0 Å². The van der Waals surface area contributed by atoms with E-state index in [0.29, 0.717) is 17.0 Å². The van der Waals surface area contributed by atoms with Gasteiger partial charge in [-0.3, -0.25) is 14.4 Å². The lowest BCUT2D eigenvalue weighted by molar-refractivity contribution is -0.158. The Kier molecular flexibility index (Phi) is 7.46. The molecule has 192 valence electrons. The Bertz CT molecular complexity index is 1110. The van der Waals surface area contributed by atoms with Crippen molar-refractivity contribution in [3.05, 3.63) is 70.2 Å². The third-order valence-electron chi connectivity index (χ3n) is 6.92. The van der Waals surface area contributed by atoms with E-state index in [2.05, 4.69) is 22.8 Å². The largest absolute Gasteiger partial charge is 0.349 e. The van der Waals surface area contributed by atoms with Crippen LogP contribution in [-0.2, 0) is 27.2 Å². The van der Waals surface area contributed by atoms with Crippen LogP contribution in [0.25, 0.3) is 0 Å². The molecule has 0 spiro atoms. The lowest BCUT2D eigenvalue weighted by Crippen LogP contribution is -2.67. The van der Waals surface area contributed by atoms with Crippen LogP contribution in [-0.4, -0.2) is 40.2 Å². The van der Waals surface area contributed by atoms with E-state index < -0.39 is 23.7 Å². The molecule has 2 N–H and O–H groups in total. The van der Waals surface area contributed by atoms with Crippen molar-refractivity contribution in [1.82, 2.24) is 15.5 Å². The summed E-state index contributed by atoms with van der Waals surface area (Å²) in [5, 5.41) is 6.63. The quantitative estimate of drug-likeness (QED) is 0.603. The molecule has 2 aliphatic rings. The van der Waals surface area contributed by atoms with Gasteiger partial charge in [0.15, 0.2) is 0 Å². The number of nitrogens with one attached hydrogen (secondary N) is 2. The van der Waals surface area contributed by atoms with Gasteiger partial charge in [0.1, 0.15) is 18.1 Å². The van der Waals surface area contributed by atoms with Gasteiger partial charge in [0, 0.05) is 10.6 Å². The summed E-state index contributed by atoms with van der Waals surface area (Å²) in [5.74, 6) is -0.623. The smallest absolute Gasteiger partial charge is 0.247 e. The number of benzene rings is 2. The van der Waals surface area contributed by atoms with Gasteiger partial charge >= 0.3 is 0 Å². The number of halogens is 1. The number of rotatable bonds is 6. The van der Waals surface area contributed by atoms with E-state index in [0.717, 1.165) is 12.8 Å². The monoisotopic (exact) mass is 509 g/mol. The zero-order valence-corrected chi connectivity index (χ0v) is 22.4. The average molecular weight is 510 g/mol. The zero-order valence-electron chi connectivity index (χ0n) is 21.7. The molecule has 1 aliphatic carbocycles. The normalized spacial score (nSPS) is 21.4. The van der Waals surface area contributed by atoms with Gasteiger partial charge in [0.25, 0.3) is 0 Å². The number of carbonyl (C=O) groups excluding carboxylic acids is 3. The summed E-state index contributed by atoms with van der Waals surface area (Å²) in [7, 11) is 0. The first kappa shape index (κ1) is 26.2. The van der Waals surface area contributed by atoms with Crippen LogP contribution in [0, 0.1) is 11.8 Å². The minimum absolute atomic E-state index is 0.0575. The van der Waals surface area contributed by atoms with Crippen molar-refractivity contribution in [2.45, 2.75) is 77.5 Å². The summed E-state index contributed by atoms with van der Waals surface area (Å²) < 4.78 is 0. The number of nitrogens with zero attached hydrogens (tertiary/aromatic N) is 1. The lowest BCUT2D eigenvalue weighted by Gasteiger charge is -2.45. The van der Waals surface area contributed by atoms with Crippen molar-refractivity contribution < 1.29 is 14.4 Å². The highest BCUT2D eigenvalue weighted by Crippen LogP contribution is 2.35. The third-order valence-corrected chi connectivity index (χ3v) is 7.17. The van der Waals surface area contributed by atoms with E-state index >= 15 is 0 Å². The Labute approximate surface area is 218 Å². The highest BCUT2D eigenvalue weighted by Gasteiger charge is 2.49. The molecule has 1 aliphatic heterocycles. The molecule has 2 aromatic rings. The van der Waals surface area contributed by atoms with Crippen LogP contribution in [0.5, 0.6) is 0 Å². The van der Waals surface area contributed by atoms with E-state index in [1.165, 1.54) is 11.1 Å². The maximum Gasteiger partial charge on any atom is 0.247 e. The van der Waals surface area contributed by atoms with Crippen molar-refractivity contribution >= 4 is 29.3 Å². The maximum absolute atomic E-state index is 14.3. The first-order chi connectivity index (χ1) is 16.9. The fraction of sp³-hybridized carbons (Fsp3) is 0.483. The van der Waals surface area contributed by atoms with Crippen molar-refractivity contribution in [1.29, 1.82) is 0 Å². The van der Waals surface area contributed by atoms with Crippen molar-refractivity contribution in [2.24, 2.45) is 11.8 Å². The van der Waals surface area contributed by atoms with Crippen molar-refractivity contribution in [2.75, 3.05) is 0 Å². The van der Waals surface area contributed by atoms with Crippen molar-refractivity contribution in [3.63, 3.8) is 0 Å². The van der Waals surface area contributed by atoms with Gasteiger partial charge in [-0.25, -0.2) is 0 Å². The third kappa shape index (κ3) is 5.59. The number of carbonyl (C=O) groups is 3. The molecule has 0 radical (unpaired) electrons. The van der Waals surface area contributed by atoms with E-state index in [9.17, 15) is 14.4 Å². The number of fused-ring (bicyclic) bond motifs is 1. The SMILES string of the molecule is CC(C)C[C@@H]1C(=O)N[C@H](C2Cc3ccccc3C2)C(=O)N1[C@H](C(=O)NC(C)(C)C)c1ccc(Cl)cc1. The van der Waals surface area contributed by atoms with Crippen LogP contribution in [0.2, 0.25) is 5.02 Å². The highest BCUT2D eigenvalue weighted by molar-refractivity contribution is 6.30. The number of piperazine rings is 1.